The van der Waals surface area contributed by atoms with Crippen molar-refractivity contribution in [3.8, 4) is 6.07 Å². The van der Waals surface area contributed by atoms with Crippen LogP contribution in [0.4, 0.5) is 33.4 Å². The molecule has 1 saturated heterocycles. The molecule has 5 rings (SSSR count). The van der Waals surface area contributed by atoms with Crippen LogP contribution in [0.5, 0.6) is 0 Å². The van der Waals surface area contributed by atoms with Gasteiger partial charge in [0.2, 0.25) is 5.91 Å². The van der Waals surface area contributed by atoms with Crippen molar-refractivity contribution in [1.29, 1.82) is 5.26 Å². The maximum Gasteiger partial charge on any atom is 0.412 e. The summed E-state index contributed by atoms with van der Waals surface area (Å²) in [5.41, 5.74) is 8.54. The number of nitriles is 1. The summed E-state index contributed by atoms with van der Waals surface area (Å²) in [6, 6.07) is 9.77. The summed E-state index contributed by atoms with van der Waals surface area (Å²) in [6.45, 7) is 7.14. The lowest BCUT2D eigenvalue weighted by Gasteiger charge is -2.29. The Morgan fingerprint density at radius 2 is 1.93 bits per heavy atom. The summed E-state index contributed by atoms with van der Waals surface area (Å²) in [5.74, 6) is 0.154. The quantitative estimate of drug-likeness (QED) is 0.340. The number of anilines is 5. The molecule has 1 saturated carbocycles. The molecule has 0 radical (unpaired) electrons. The van der Waals surface area contributed by atoms with Gasteiger partial charge in [-0.1, -0.05) is 12.2 Å². The molecule has 1 aliphatic heterocycles. The third-order valence-corrected chi connectivity index (χ3v) is 8.26. The largest absolute Gasteiger partial charge is 0.444 e. The second kappa shape index (κ2) is 11.5. The van der Waals surface area contributed by atoms with Crippen LogP contribution in [0.1, 0.15) is 39.2 Å². The molecule has 222 valence electrons. The van der Waals surface area contributed by atoms with E-state index < -0.39 is 11.7 Å². The minimum Gasteiger partial charge on any atom is -0.444 e. The molecule has 11 nitrogen and oxygen atoms in total. The molecular weight excluding hydrogens is 532 g/mol. The lowest BCUT2D eigenvalue weighted by Crippen LogP contribution is -2.41. The average Bonchev–Trinajstić information content (AvgIpc) is 3.66. The maximum atomic E-state index is 12.5. The number of likely N-dealkylation sites (N-methyl/N-ethyl adjacent to an activating group) is 1. The van der Waals surface area contributed by atoms with Crippen LogP contribution in [0.25, 0.3) is 0 Å². The fourth-order valence-corrected chi connectivity index (χ4v) is 6.23. The Hall–Kier alpha value is -4.30. The lowest BCUT2D eigenvalue weighted by atomic mass is 9.88. The predicted octanol–water partition coefficient (Wildman–Crippen LogP) is 4.27. The molecule has 2 bridgehead atoms. The van der Waals surface area contributed by atoms with Crippen molar-refractivity contribution in [2.45, 2.75) is 51.3 Å². The highest BCUT2D eigenvalue weighted by atomic mass is 16.6. The number of aromatic nitrogens is 1. The van der Waals surface area contributed by atoms with Crippen molar-refractivity contribution < 1.29 is 14.3 Å². The van der Waals surface area contributed by atoms with Crippen LogP contribution in [-0.4, -0.2) is 66.8 Å². The molecule has 2 heterocycles. The zero-order valence-electron chi connectivity index (χ0n) is 24.8. The number of allylic oxidation sites excluding steroid dienone is 1. The monoisotopic (exact) mass is 572 g/mol. The van der Waals surface area contributed by atoms with Crippen LogP contribution in [-0.2, 0) is 9.53 Å². The van der Waals surface area contributed by atoms with Gasteiger partial charge in [-0.3, -0.25) is 10.1 Å². The summed E-state index contributed by atoms with van der Waals surface area (Å²) in [5, 5.41) is 19.4. The third-order valence-electron chi connectivity index (χ3n) is 8.26. The first-order chi connectivity index (χ1) is 19.9. The number of nitrogens with one attached hydrogen (secondary N) is 3. The Morgan fingerprint density at radius 3 is 2.60 bits per heavy atom. The number of carbonyl (C=O) groups is 2. The van der Waals surface area contributed by atoms with Crippen molar-refractivity contribution in [3.63, 3.8) is 0 Å². The zero-order chi connectivity index (χ0) is 30.2. The van der Waals surface area contributed by atoms with E-state index in [1.54, 1.807) is 6.07 Å². The van der Waals surface area contributed by atoms with Crippen molar-refractivity contribution in [2.75, 3.05) is 48.0 Å². The second-order valence-corrected chi connectivity index (χ2v) is 12.6. The molecule has 2 fully saturated rings. The number of carbonyl (C=O) groups excluding carboxylic acids is 2. The maximum absolute atomic E-state index is 12.5. The topological polar surface area (TPSA) is 149 Å². The average molecular weight is 573 g/mol. The third kappa shape index (κ3) is 6.29. The number of primary amides is 1. The van der Waals surface area contributed by atoms with Gasteiger partial charge in [0.1, 0.15) is 11.7 Å². The molecule has 1 aromatic heterocycles. The van der Waals surface area contributed by atoms with Crippen molar-refractivity contribution in [2.24, 2.45) is 23.5 Å². The van der Waals surface area contributed by atoms with Gasteiger partial charge in [0.05, 0.1) is 28.5 Å². The Morgan fingerprint density at radius 1 is 1.17 bits per heavy atom. The first-order valence-electron chi connectivity index (χ1n) is 14.4. The summed E-state index contributed by atoms with van der Waals surface area (Å²) in [4.78, 5) is 34.0. The van der Waals surface area contributed by atoms with E-state index in [9.17, 15) is 14.9 Å². The summed E-state index contributed by atoms with van der Waals surface area (Å²) >= 11 is 0. The highest BCUT2D eigenvalue weighted by molar-refractivity contribution is 5.89. The Kier molecular flexibility index (Phi) is 8.01. The van der Waals surface area contributed by atoms with Gasteiger partial charge < -0.3 is 30.9 Å². The Labute approximate surface area is 247 Å². The number of rotatable bonds is 8. The number of nitrogens with zero attached hydrogens (tertiary/aromatic N) is 4. The van der Waals surface area contributed by atoms with Gasteiger partial charge in [-0.05, 0) is 83.8 Å². The molecule has 3 aliphatic rings. The highest BCUT2D eigenvalue weighted by Crippen LogP contribution is 2.46. The molecule has 5 atom stereocenters. The minimum atomic E-state index is -0.616. The molecule has 2 aliphatic carbocycles. The number of ether oxygens (including phenoxy) is 1. The van der Waals surface area contributed by atoms with Gasteiger partial charge in [-0.25, -0.2) is 9.78 Å². The lowest BCUT2D eigenvalue weighted by molar-refractivity contribution is -0.122. The molecule has 11 heteroatoms. The van der Waals surface area contributed by atoms with Crippen LogP contribution < -0.4 is 26.6 Å². The van der Waals surface area contributed by atoms with Crippen LogP contribution in [0, 0.1) is 29.1 Å². The predicted molar refractivity (Wildman–Crippen MR) is 164 cm³/mol. The molecule has 2 aromatic rings. The van der Waals surface area contributed by atoms with E-state index >= 15 is 0 Å². The number of hydrogen-bond acceptors (Lipinski definition) is 9. The van der Waals surface area contributed by atoms with Crippen LogP contribution in [0.3, 0.4) is 0 Å². The van der Waals surface area contributed by atoms with E-state index in [4.69, 9.17) is 10.5 Å². The SMILES string of the molecule is CN(C)[C@H]1CCN(c2cc(NC(=O)OC(C)(C)C)ccc2Nc2ncc(C#N)cc2N[C@H]2[C@@H](C(N)=O)[C@@H]3C=C[C@H]2C3)C1. The number of amides is 2. The van der Waals surface area contributed by atoms with E-state index in [1.807, 2.05) is 39.0 Å². The molecule has 5 N–H and O–H groups in total. The Balaban J connectivity index is 1.46. The number of pyridine rings is 1. The highest BCUT2D eigenvalue weighted by Gasteiger charge is 2.47. The number of fused-ring (bicyclic) bond motifs is 2. The standard InChI is InChI=1S/C31H40N8O3/c1-31(2,3)42-30(41)35-21-8-9-23(25(14-21)39-11-10-22(17-39)38(4)5)37-29-24(12-18(15-32)16-34-29)36-27-20-7-6-19(13-20)26(27)28(33)40/h6-9,12,14,16,19-20,22,26-27,36H,10-11,13,17H2,1-5H3,(H2,33,40)(H,34,37)(H,35,41)/t19-,20+,22+,26+,27-/m1/s1. The van der Waals surface area contributed by atoms with Gasteiger partial charge in [0.15, 0.2) is 5.82 Å². The normalized spacial score (nSPS) is 24.5. The number of benzene rings is 1. The van der Waals surface area contributed by atoms with E-state index in [-0.39, 0.29) is 29.7 Å². The second-order valence-electron chi connectivity index (χ2n) is 12.6. The smallest absolute Gasteiger partial charge is 0.412 e. The molecule has 0 spiro atoms. The van der Waals surface area contributed by atoms with Gasteiger partial charge in [-0.15, -0.1) is 0 Å². The molecule has 0 unspecified atom stereocenters. The molecule has 1 aromatic carbocycles. The van der Waals surface area contributed by atoms with Gasteiger partial charge in [-0.2, -0.15) is 5.26 Å². The van der Waals surface area contributed by atoms with Crippen LogP contribution in [0.15, 0.2) is 42.6 Å². The van der Waals surface area contributed by atoms with Crippen LogP contribution in [0.2, 0.25) is 0 Å². The zero-order valence-corrected chi connectivity index (χ0v) is 24.8. The Bertz CT molecular complexity index is 1430. The first-order valence-corrected chi connectivity index (χ1v) is 14.4. The minimum absolute atomic E-state index is 0.116. The van der Waals surface area contributed by atoms with Gasteiger partial charge in [0.25, 0.3) is 0 Å². The number of nitrogens with two attached hydrogens (primary N) is 1. The van der Waals surface area contributed by atoms with Crippen molar-refractivity contribution in [3.05, 3.63) is 48.2 Å². The van der Waals surface area contributed by atoms with Gasteiger partial charge in [0, 0.05) is 37.1 Å². The van der Waals surface area contributed by atoms with E-state index in [0.717, 1.165) is 37.3 Å². The van der Waals surface area contributed by atoms with Gasteiger partial charge >= 0.3 is 6.09 Å². The van der Waals surface area contributed by atoms with Crippen molar-refractivity contribution >= 4 is 40.6 Å². The number of hydrogen-bond donors (Lipinski definition) is 4. The molecule has 2 amide bonds. The molecule has 42 heavy (non-hydrogen) atoms. The summed E-state index contributed by atoms with van der Waals surface area (Å²) in [6.07, 6.45) is 7.10. The fourth-order valence-electron chi connectivity index (χ4n) is 6.23. The fraction of sp³-hybridized carbons (Fsp3) is 0.484. The van der Waals surface area contributed by atoms with E-state index in [2.05, 4.69) is 63.1 Å². The van der Waals surface area contributed by atoms with Crippen LogP contribution >= 0.6 is 0 Å². The van der Waals surface area contributed by atoms with E-state index in [1.165, 1.54) is 6.20 Å². The van der Waals surface area contributed by atoms with Crippen molar-refractivity contribution in [1.82, 2.24) is 9.88 Å². The first kappa shape index (κ1) is 29.2. The summed E-state index contributed by atoms with van der Waals surface area (Å²) < 4.78 is 5.46. The molecular formula is C31H40N8O3. The summed E-state index contributed by atoms with van der Waals surface area (Å²) in [7, 11) is 4.16. The van der Waals surface area contributed by atoms with E-state index in [0.29, 0.717) is 28.8 Å².